The van der Waals surface area contributed by atoms with Crippen molar-refractivity contribution in [3.05, 3.63) is 29.3 Å². The van der Waals surface area contributed by atoms with Crippen molar-refractivity contribution in [3.8, 4) is 6.07 Å². The molecule has 0 spiro atoms. The van der Waals surface area contributed by atoms with Gasteiger partial charge in [-0.25, -0.2) is 0 Å². The molecule has 0 aromatic heterocycles. The standard InChI is InChI=1S/C15H20N2O/c1-12-5-6-14(13(9-12)10-16)17-15(11-18)7-3-2-4-8-15/h5-6,9,17-18H,2-4,7-8,11H2,1H3. The number of aryl methyl sites for hydroxylation is 1. The molecule has 1 saturated carbocycles. The van der Waals surface area contributed by atoms with Crippen LogP contribution in [0.15, 0.2) is 18.2 Å². The number of hydrogen-bond donors (Lipinski definition) is 2. The average molecular weight is 244 g/mol. The van der Waals surface area contributed by atoms with Gasteiger partial charge in [-0.3, -0.25) is 0 Å². The van der Waals surface area contributed by atoms with Gasteiger partial charge in [-0.1, -0.05) is 25.3 Å². The Balaban J connectivity index is 2.24. The molecule has 0 atom stereocenters. The number of aliphatic hydroxyl groups is 1. The van der Waals surface area contributed by atoms with E-state index in [4.69, 9.17) is 0 Å². The van der Waals surface area contributed by atoms with Gasteiger partial charge in [0.2, 0.25) is 0 Å². The molecule has 1 fully saturated rings. The van der Waals surface area contributed by atoms with Crippen LogP contribution in [0.1, 0.15) is 43.2 Å². The minimum atomic E-state index is -0.237. The summed E-state index contributed by atoms with van der Waals surface area (Å²) in [5.74, 6) is 0. The van der Waals surface area contributed by atoms with Crippen LogP contribution in [0.25, 0.3) is 0 Å². The fraction of sp³-hybridized carbons (Fsp3) is 0.533. The lowest BCUT2D eigenvalue weighted by Crippen LogP contribution is -2.44. The van der Waals surface area contributed by atoms with Gasteiger partial charge in [-0.15, -0.1) is 0 Å². The second-order valence-electron chi connectivity index (χ2n) is 5.28. The van der Waals surface area contributed by atoms with E-state index < -0.39 is 0 Å². The summed E-state index contributed by atoms with van der Waals surface area (Å²) < 4.78 is 0. The van der Waals surface area contributed by atoms with Gasteiger partial charge in [0, 0.05) is 0 Å². The van der Waals surface area contributed by atoms with E-state index in [-0.39, 0.29) is 12.1 Å². The number of nitriles is 1. The van der Waals surface area contributed by atoms with Gasteiger partial charge in [0.25, 0.3) is 0 Å². The van der Waals surface area contributed by atoms with Crippen LogP contribution in [0.2, 0.25) is 0 Å². The molecule has 3 nitrogen and oxygen atoms in total. The van der Waals surface area contributed by atoms with Crippen molar-refractivity contribution in [2.75, 3.05) is 11.9 Å². The van der Waals surface area contributed by atoms with Crippen LogP contribution >= 0.6 is 0 Å². The molecule has 1 aliphatic rings. The highest BCUT2D eigenvalue weighted by Crippen LogP contribution is 2.32. The van der Waals surface area contributed by atoms with E-state index in [1.54, 1.807) is 0 Å². The van der Waals surface area contributed by atoms with E-state index in [1.807, 2.05) is 25.1 Å². The Hall–Kier alpha value is -1.53. The van der Waals surface area contributed by atoms with E-state index in [0.29, 0.717) is 5.56 Å². The molecule has 2 N–H and O–H groups in total. The normalized spacial score (nSPS) is 18.1. The number of rotatable bonds is 3. The van der Waals surface area contributed by atoms with Gasteiger partial charge in [0.05, 0.1) is 23.4 Å². The molecule has 0 amide bonds. The SMILES string of the molecule is Cc1ccc(NC2(CO)CCCCC2)c(C#N)c1. The first-order valence-electron chi connectivity index (χ1n) is 6.59. The molecule has 96 valence electrons. The van der Waals surface area contributed by atoms with E-state index >= 15 is 0 Å². The van der Waals surface area contributed by atoms with Crippen LogP contribution < -0.4 is 5.32 Å². The zero-order valence-electron chi connectivity index (χ0n) is 10.9. The monoisotopic (exact) mass is 244 g/mol. The summed E-state index contributed by atoms with van der Waals surface area (Å²) in [5, 5.41) is 22.3. The number of anilines is 1. The summed E-state index contributed by atoms with van der Waals surface area (Å²) in [6.45, 7) is 2.11. The first-order valence-corrected chi connectivity index (χ1v) is 6.59. The molecular formula is C15H20N2O. The summed E-state index contributed by atoms with van der Waals surface area (Å²) in [4.78, 5) is 0. The number of benzene rings is 1. The van der Waals surface area contributed by atoms with Crippen LogP contribution in [-0.2, 0) is 0 Å². The maximum atomic E-state index is 9.68. The molecule has 0 bridgehead atoms. The highest BCUT2D eigenvalue weighted by Gasteiger charge is 2.31. The second kappa shape index (κ2) is 5.41. The summed E-state index contributed by atoms with van der Waals surface area (Å²) in [7, 11) is 0. The molecule has 1 aromatic carbocycles. The maximum absolute atomic E-state index is 9.68. The van der Waals surface area contributed by atoms with Crippen molar-refractivity contribution in [2.24, 2.45) is 0 Å². The molecule has 0 aliphatic heterocycles. The Morgan fingerprint density at radius 1 is 1.33 bits per heavy atom. The largest absolute Gasteiger partial charge is 0.394 e. The van der Waals surface area contributed by atoms with Gasteiger partial charge in [-0.05, 0) is 37.5 Å². The molecule has 1 aromatic rings. The fourth-order valence-corrected chi connectivity index (χ4v) is 2.70. The van der Waals surface area contributed by atoms with E-state index in [1.165, 1.54) is 6.42 Å². The number of nitrogens with one attached hydrogen (secondary N) is 1. The highest BCUT2D eigenvalue weighted by atomic mass is 16.3. The molecule has 0 unspecified atom stereocenters. The second-order valence-corrected chi connectivity index (χ2v) is 5.28. The molecule has 2 rings (SSSR count). The highest BCUT2D eigenvalue weighted by molar-refractivity contribution is 5.60. The third kappa shape index (κ3) is 2.65. The lowest BCUT2D eigenvalue weighted by molar-refractivity contribution is 0.173. The van der Waals surface area contributed by atoms with Crippen molar-refractivity contribution in [1.82, 2.24) is 0 Å². The quantitative estimate of drug-likeness (QED) is 0.859. The van der Waals surface area contributed by atoms with Gasteiger partial charge < -0.3 is 10.4 Å². The summed E-state index contributed by atoms with van der Waals surface area (Å²) in [5.41, 5.74) is 2.35. The number of aliphatic hydroxyl groups excluding tert-OH is 1. The maximum Gasteiger partial charge on any atom is 0.101 e. The molecule has 0 saturated heterocycles. The van der Waals surface area contributed by atoms with Crippen LogP contribution in [0.4, 0.5) is 5.69 Å². The van der Waals surface area contributed by atoms with Gasteiger partial charge >= 0.3 is 0 Å². The zero-order valence-corrected chi connectivity index (χ0v) is 10.9. The zero-order chi connectivity index (χ0) is 13.0. The van der Waals surface area contributed by atoms with E-state index in [2.05, 4.69) is 11.4 Å². The van der Waals surface area contributed by atoms with Crippen LogP contribution in [0.5, 0.6) is 0 Å². The Bertz CT molecular complexity index is 456. The molecule has 18 heavy (non-hydrogen) atoms. The lowest BCUT2D eigenvalue weighted by atomic mass is 9.82. The predicted molar refractivity (Wildman–Crippen MR) is 72.4 cm³/mol. The number of nitrogens with zero attached hydrogens (tertiary/aromatic N) is 1. The van der Waals surface area contributed by atoms with Crippen molar-refractivity contribution in [3.63, 3.8) is 0 Å². The molecule has 1 aliphatic carbocycles. The Morgan fingerprint density at radius 2 is 2.06 bits per heavy atom. The summed E-state index contributed by atoms with van der Waals surface area (Å²) >= 11 is 0. The summed E-state index contributed by atoms with van der Waals surface area (Å²) in [6.07, 6.45) is 5.47. The Labute approximate surface area is 108 Å². The first-order chi connectivity index (χ1) is 8.69. The van der Waals surface area contributed by atoms with Crippen LogP contribution in [0, 0.1) is 18.3 Å². The minimum absolute atomic E-state index is 0.131. The van der Waals surface area contributed by atoms with Crippen molar-refractivity contribution in [1.29, 1.82) is 5.26 Å². The van der Waals surface area contributed by atoms with Crippen molar-refractivity contribution >= 4 is 5.69 Å². The van der Waals surface area contributed by atoms with Gasteiger partial charge in [0.1, 0.15) is 6.07 Å². The molecule has 0 radical (unpaired) electrons. The third-order valence-corrected chi connectivity index (χ3v) is 3.81. The fourth-order valence-electron chi connectivity index (χ4n) is 2.70. The molecular weight excluding hydrogens is 224 g/mol. The average Bonchev–Trinajstić information content (AvgIpc) is 2.42. The smallest absolute Gasteiger partial charge is 0.101 e. The van der Waals surface area contributed by atoms with Crippen molar-refractivity contribution in [2.45, 2.75) is 44.6 Å². The Morgan fingerprint density at radius 3 is 2.67 bits per heavy atom. The lowest BCUT2D eigenvalue weighted by Gasteiger charge is -2.37. The third-order valence-electron chi connectivity index (χ3n) is 3.81. The molecule has 0 heterocycles. The number of hydrogen-bond acceptors (Lipinski definition) is 3. The Kier molecular flexibility index (Phi) is 3.88. The van der Waals surface area contributed by atoms with Crippen LogP contribution in [0.3, 0.4) is 0 Å². The van der Waals surface area contributed by atoms with E-state index in [0.717, 1.165) is 36.9 Å². The van der Waals surface area contributed by atoms with Gasteiger partial charge in [-0.2, -0.15) is 5.26 Å². The summed E-state index contributed by atoms with van der Waals surface area (Å²) in [6, 6.07) is 8.05. The minimum Gasteiger partial charge on any atom is -0.394 e. The molecule has 3 heteroatoms. The topological polar surface area (TPSA) is 56.0 Å². The predicted octanol–water partition coefficient (Wildman–Crippen LogP) is 2.97. The van der Waals surface area contributed by atoms with E-state index in [9.17, 15) is 10.4 Å². The first kappa shape index (κ1) is 12.9. The van der Waals surface area contributed by atoms with Crippen molar-refractivity contribution < 1.29 is 5.11 Å². The van der Waals surface area contributed by atoms with Gasteiger partial charge in [0.15, 0.2) is 0 Å². The van der Waals surface area contributed by atoms with Crippen LogP contribution in [-0.4, -0.2) is 17.3 Å².